The van der Waals surface area contributed by atoms with Crippen molar-refractivity contribution >= 4 is 22.6 Å². The van der Waals surface area contributed by atoms with Crippen molar-refractivity contribution < 1.29 is 9.52 Å². The van der Waals surface area contributed by atoms with Gasteiger partial charge in [-0.1, -0.05) is 41.9 Å². The first-order valence-corrected chi connectivity index (χ1v) is 7.58. The Morgan fingerprint density at radius 2 is 1.90 bits per heavy atom. The fraction of sp³-hybridized carbons (Fsp3) is 0.222. The van der Waals surface area contributed by atoms with E-state index in [1.807, 2.05) is 24.3 Å². The first-order chi connectivity index (χ1) is 10.2. The molecule has 0 radical (unpaired) electrons. The van der Waals surface area contributed by atoms with Gasteiger partial charge < -0.3 is 9.52 Å². The number of para-hydroxylation sites is 1. The summed E-state index contributed by atoms with van der Waals surface area (Å²) < 4.78 is 5.75. The molecule has 1 heterocycles. The maximum absolute atomic E-state index is 10.6. The van der Waals surface area contributed by atoms with Crippen LogP contribution >= 0.6 is 11.6 Å². The number of furan rings is 1. The lowest BCUT2D eigenvalue weighted by atomic mass is 10.0. The largest absolute Gasteiger partial charge is 0.456 e. The van der Waals surface area contributed by atoms with Gasteiger partial charge >= 0.3 is 0 Å². The third-order valence-electron chi connectivity index (χ3n) is 4.22. The Labute approximate surface area is 128 Å². The summed E-state index contributed by atoms with van der Waals surface area (Å²) in [4.78, 5) is 0. The number of aliphatic hydroxyl groups is 1. The van der Waals surface area contributed by atoms with Gasteiger partial charge in [-0.3, -0.25) is 0 Å². The summed E-state index contributed by atoms with van der Waals surface area (Å²) in [6, 6.07) is 13.7. The normalized spacial score (nSPS) is 15.3. The maximum Gasteiger partial charge on any atom is 0.153 e. The zero-order valence-electron chi connectivity index (χ0n) is 11.5. The quantitative estimate of drug-likeness (QED) is 0.746. The highest BCUT2D eigenvalue weighted by molar-refractivity contribution is 6.34. The van der Waals surface area contributed by atoms with Gasteiger partial charge in [-0.25, -0.2) is 0 Å². The smallest absolute Gasteiger partial charge is 0.153 e. The van der Waals surface area contributed by atoms with E-state index in [9.17, 15) is 5.11 Å². The van der Waals surface area contributed by atoms with Gasteiger partial charge in [0.15, 0.2) is 5.58 Å². The zero-order valence-corrected chi connectivity index (χ0v) is 12.2. The number of benzene rings is 2. The van der Waals surface area contributed by atoms with E-state index in [0.717, 1.165) is 23.8 Å². The van der Waals surface area contributed by atoms with Crippen molar-refractivity contribution in [3.8, 4) is 0 Å². The molecule has 0 amide bonds. The van der Waals surface area contributed by atoms with E-state index in [2.05, 4.69) is 12.1 Å². The van der Waals surface area contributed by atoms with Crippen molar-refractivity contribution in [2.24, 2.45) is 0 Å². The van der Waals surface area contributed by atoms with Crippen LogP contribution in [-0.4, -0.2) is 5.11 Å². The molecule has 0 saturated carbocycles. The van der Waals surface area contributed by atoms with E-state index < -0.39 is 6.10 Å². The minimum absolute atomic E-state index is 0.538. The number of aryl methyl sites for hydroxylation is 2. The number of hydrogen-bond donors (Lipinski definition) is 1. The van der Waals surface area contributed by atoms with Gasteiger partial charge in [-0.2, -0.15) is 0 Å². The van der Waals surface area contributed by atoms with Gasteiger partial charge in [0.05, 0.1) is 5.02 Å². The Balaban J connectivity index is 1.75. The van der Waals surface area contributed by atoms with Crippen molar-refractivity contribution in [2.75, 3.05) is 0 Å². The third kappa shape index (κ3) is 2.15. The van der Waals surface area contributed by atoms with E-state index in [-0.39, 0.29) is 0 Å². The summed E-state index contributed by atoms with van der Waals surface area (Å²) in [6.45, 7) is 0. The second-order valence-electron chi connectivity index (χ2n) is 5.59. The first kappa shape index (κ1) is 12.9. The molecule has 0 saturated heterocycles. The lowest BCUT2D eigenvalue weighted by Gasteiger charge is -2.10. The van der Waals surface area contributed by atoms with Crippen LogP contribution in [0.2, 0.25) is 5.02 Å². The lowest BCUT2D eigenvalue weighted by molar-refractivity contribution is 0.192. The average molecular weight is 299 g/mol. The molecule has 1 aromatic heterocycles. The molecule has 4 rings (SSSR count). The summed E-state index contributed by atoms with van der Waals surface area (Å²) >= 11 is 6.12. The Morgan fingerprint density at radius 3 is 2.76 bits per heavy atom. The molecule has 21 heavy (non-hydrogen) atoms. The number of aliphatic hydroxyl groups excluding tert-OH is 1. The van der Waals surface area contributed by atoms with Gasteiger partial charge in [0.1, 0.15) is 11.9 Å². The standard InChI is InChI=1S/C18H15ClO2/c19-15-6-2-5-14-10-16(21-18(14)15)17(20)13-8-7-11-3-1-4-12(11)9-13/h2,5-10,17,20H,1,3-4H2. The second kappa shape index (κ2) is 4.90. The molecule has 2 aromatic carbocycles. The van der Waals surface area contributed by atoms with Crippen LogP contribution in [0.3, 0.4) is 0 Å². The molecule has 1 atom stereocenters. The van der Waals surface area contributed by atoms with E-state index in [1.165, 1.54) is 17.5 Å². The summed E-state index contributed by atoms with van der Waals surface area (Å²) in [6.07, 6.45) is 2.70. The van der Waals surface area contributed by atoms with Crippen LogP contribution in [0.5, 0.6) is 0 Å². The number of hydrogen-bond acceptors (Lipinski definition) is 2. The molecule has 1 N–H and O–H groups in total. The Morgan fingerprint density at radius 1 is 1.05 bits per heavy atom. The molecular weight excluding hydrogens is 284 g/mol. The van der Waals surface area contributed by atoms with Crippen LogP contribution in [0.4, 0.5) is 0 Å². The lowest BCUT2D eigenvalue weighted by Crippen LogP contribution is -1.99. The fourth-order valence-electron chi connectivity index (χ4n) is 3.11. The minimum Gasteiger partial charge on any atom is -0.456 e. The van der Waals surface area contributed by atoms with Crippen LogP contribution in [0.15, 0.2) is 46.9 Å². The van der Waals surface area contributed by atoms with E-state index >= 15 is 0 Å². The molecule has 1 unspecified atom stereocenters. The molecule has 0 fully saturated rings. The van der Waals surface area contributed by atoms with Crippen molar-refractivity contribution in [3.63, 3.8) is 0 Å². The van der Waals surface area contributed by atoms with Crippen LogP contribution < -0.4 is 0 Å². The van der Waals surface area contributed by atoms with Gasteiger partial charge in [-0.15, -0.1) is 0 Å². The molecule has 3 heteroatoms. The topological polar surface area (TPSA) is 33.4 Å². The monoisotopic (exact) mass is 298 g/mol. The summed E-state index contributed by atoms with van der Waals surface area (Å²) in [5.41, 5.74) is 4.26. The first-order valence-electron chi connectivity index (χ1n) is 7.20. The summed E-state index contributed by atoms with van der Waals surface area (Å²) in [7, 11) is 0. The van der Waals surface area contributed by atoms with E-state index in [1.54, 1.807) is 6.07 Å². The fourth-order valence-corrected chi connectivity index (χ4v) is 3.33. The van der Waals surface area contributed by atoms with Crippen molar-refractivity contribution in [1.29, 1.82) is 0 Å². The molecule has 1 aliphatic carbocycles. The van der Waals surface area contributed by atoms with Crippen LogP contribution in [0, 0.1) is 0 Å². The van der Waals surface area contributed by atoms with Crippen molar-refractivity contribution in [3.05, 3.63) is 69.9 Å². The van der Waals surface area contributed by atoms with Crippen molar-refractivity contribution in [2.45, 2.75) is 25.4 Å². The van der Waals surface area contributed by atoms with E-state index in [4.69, 9.17) is 16.0 Å². The predicted octanol–water partition coefficient (Wildman–Crippen LogP) is 4.66. The molecular formula is C18H15ClO2. The van der Waals surface area contributed by atoms with Crippen LogP contribution in [0.1, 0.15) is 35.0 Å². The Bertz CT molecular complexity index is 819. The average Bonchev–Trinajstić information content (AvgIpc) is 3.12. The molecule has 0 spiro atoms. The molecule has 3 aromatic rings. The van der Waals surface area contributed by atoms with Crippen LogP contribution in [0.25, 0.3) is 11.0 Å². The van der Waals surface area contributed by atoms with Gasteiger partial charge in [0.25, 0.3) is 0 Å². The Hall–Kier alpha value is -1.77. The van der Waals surface area contributed by atoms with Gasteiger partial charge in [0.2, 0.25) is 0 Å². The van der Waals surface area contributed by atoms with Gasteiger partial charge in [-0.05, 0) is 48.1 Å². The van der Waals surface area contributed by atoms with Gasteiger partial charge in [0, 0.05) is 5.39 Å². The SMILES string of the molecule is OC(c1ccc2c(c1)CCC2)c1cc2cccc(Cl)c2o1. The van der Waals surface area contributed by atoms with Crippen molar-refractivity contribution in [1.82, 2.24) is 0 Å². The number of fused-ring (bicyclic) bond motifs is 2. The Kier molecular flexibility index (Phi) is 3.02. The minimum atomic E-state index is -0.751. The second-order valence-corrected chi connectivity index (χ2v) is 6.00. The highest BCUT2D eigenvalue weighted by Gasteiger charge is 2.19. The molecule has 0 aliphatic heterocycles. The highest BCUT2D eigenvalue weighted by Crippen LogP contribution is 2.33. The molecule has 2 nitrogen and oxygen atoms in total. The summed E-state index contributed by atoms with van der Waals surface area (Å²) in [5.74, 6) is 0.538. The van der Waals surface area contributed by atoms with E-state index in [0.29, 0.717) is 16.4 Å². The number of halogens is 1. The zero-order chi connectivity index (χ0) is 14.4. The highest BCUT2D eigenvalue weighted by atomic mass is 35.5. The molecule has 0 bridgehead atoms. The molecule has 106 valence electrons. The van der Waals surface area contributed by atoms with Crippen LogP contribution in [-0.2, 0) is 12.8 Å². The molecule has 1 aliphatic rings. The summed E-state index contributed by atoms with van der Waals surface area (Å²) in [5, 5.41) is 12.1. The third-order valence-corrected chi connectivity index (χ3v) is 4.52. The maximum atomic E-state index is 10.6. The predicted molar refractivity (Wildman–Crippen MR) is 83.8 cm³/mol. The number of rotatable bonds is 2.